The molecule has 0 spiro atoms. The van der Waals surface area contributed by atoms with Crippen molar-refractivity contribution in [1.82, 2.24) is 9.55 Å². The van der Waals surface area contributed by atoms with E-state index in [1.807, 2.05) is 4.57 Å². The van der Waals surface area contributed by atoms with E-state index < -0.39 is 0 Å². The molecule has 21 heavy (non-hydrogen) atoms. The van der Waals surface area contributed by atoms with Crippen molar-refractivity contribution in [2.75, 3.05) is 13.2 Å². The minimum Gasteiger partial charge on any atom is -0.381 e. The number of hydrogen-bond acceptors (Lipinski definition) is 2. The second-order valence-electron chi connectivity index (χ2n) is 4.89. The van der Waals surface area contributed by atoms with Gasteiger partial charge in [0.05, 0.1) is 21.4 Å². The third-order valence-corrected chi connectivity index (χ3v) is 4.15. The molecule has 2 rings (SSSR count). The van der Waals surface area contributed by atoms with Crippen LogP contribution in [0.5, 0.6) is 0 Å². The van der Waals surface area contributed by atoms with Crippen LogP contribution in [0.1, 0.15) is 32.0 Å². The van der Waals surface area contributed by atoms with Crippen LogP contribution in [-0.4, -0.2) is 22.8 Å². The van der Waals surface area contributed by atoms with Crippen LogP contribution in [0, 0.1) is 5.82 Å². The summed E-state index contributed by atoms with van der Waals surface area (Å²) in [5.74, 6) is 0.763. The molecule has 0 saturated carbocycles. The number of rotatable bonds is 8. The van der Waals surface area contributed by atoms with Crippen molar-refractivity contribution in [3.8, 4) is 0 Å². The maximum Gasteiger partial charge on any atom is 0.139 e. The molecule has 0 unspecified atom stereocenters. The first kappa shape index (κ1) is 16.7. The predicted octanol–water partition coefficient (Wildman–Crippen LogP) is 4.88. The van der Waals surface area contributed by atoms with Gasteiger partial charge in [-0.15, -0.1) is 11.6 Å². The second kappa shape index (κ2) is 8.11. The SMILES string of the molecule is CCCCOCCCn1c(CCl)nc2cc(F)c(Br)cc21. The van der Waals surface area contributed by atoms with E-state index >= 15 is 0 Å². The summed E-state index contributed by atoms with van der Waals surface area (Å²) in [6.07, 6.45) is 3.11. The quantitative estimate of drug-likeness (QED) is 0.484. The molecular formula is C15H19BrClFN2O. The van der Waals surface area contributed by atoms with Crippen LogP contribution in [0.4, 0.5) is 4.39 Å². The lowest BCUT2D eigenvalue weighted by Crippen LogP contribution is -2.06. The number of imidazole rings is 1. The Labute approximate surface area is 137 Å². The highest BCUT2D eigenvalue weighted by Gasteiger charge is 2.12. The van der Waals surface area contributed by atoms with Crippen molar-refractivity contribution in [2.45, 2.75) is 38.6 Å². The number of aromatic nitrogens is 2. The van der Waals surface area contributed by atoms with E-state index in [1.165, 1.54) is 6.07 Å². The Balaban J connectivity index is 2.08. The smallest absolute Gasteiger partial charge is 0.139 e. The number of benzene rings is 1. The molecule has 1 heterocycles. The van der Waals surface area contributed by atoms with Gasteiger partial charge in [0.1, 0.15) is 11.6 Å². The molecule has 116 valence electrons. The van der Waals surface area contributed by atoms with Crippen LogP contribution < -0.4 is 0 Å². The normalized spacial score (nSPS) is 11.4. The Morgan fingerprint density at radius 1 is 1.33 bits per heavy atom. The third-order valence-electron chi connectivity index (χ3n) is 3.30. The number of nitrogens with zero attached hydrogens (tertiary/aromatic N) is 2. The Bertz CT molecular complexity index is 603. The lowest BCUT2D eigenvalue weighted by molar-refractivity contribution is 0.126. The van der Waals surface area contributed by atoms with Gasteiger partial charge in [0.2, 0.25) is 0 Å². The molecular weight excluding hydrogens is 359 g/mol. The average Bonchev–Trinajstić information content (AvgIpc) is 2.80. The summed E-state index contributed by atoms with van der Waals surface area (Å²) in [7, 11) is 0. The summed E-state index contributed by atoms with van der Waals surface area (Å²) in [5, 5.41) is 0. The number of hydrogen-bond donors (Lipinski definition) is 0. The zero-order valence-electron chi connectivity index (χ0n) is 12.0. The van der Waals surface area contributed by atoms with Crippen molar-refractivity contribution in [3.05, 3.63) is 28.2 Å². The van der Waals surface area contributed by atoms with Gasteiger partial charge in [-0.05, 0) is 34.8 Å². The molecule has 0 atom stereocenters. The zero-order chi connectivity index (χ0) is 15.2. The van der Waals surface area contributed by atoms with E-state index in [2.05, 4.69) is 27.8 Å². The zero-order valence-corrected chi connectivity index (χ0v) is 14.4. The minimum atomic E-state index is -0.309. The largest absolute Gasteiger partial charge is 0.381 e. The number of unbranched alkanes of at least 4 members (excludes halogenated alkanes) is 1. The van der Waals surface area contributed by atoms with Crippen molar-refractivity contribution in [2.24, 2.45) is 0 Å². The van der Waals surface area contributed by atoms with Gasteiger partial charge in [-0.25, -0.2) is 9.37 Å². The van der Waals surface area contributed by atoms with Gasteiger partial charge < -0.3 is 9.30 Å². The summed E-state index contributed by atoms with van der Waals surface area (Å²) in [6, 6.07) is 3.19. The molecule has 0 amide bonds. The van der Waals surface area contributed by atoms with Gasteiger partial charge in [-0.2, -0.15) is 0 Å². The molecule has 1 aromatic heterocycles. The highest BCUT2D eigenvalue weighted by Crippen LogP contribution is 2.25. The van der Waals surface area contributed by atoms with E-state index in [1.54, 1.807) is 6.07 Å². The van der Waals surface area contributed by atoms with Crippen LogP contribution in [0.25, 0.3) is 11.0 Å². The Morgan fingerprint density at radius 2 is 2.10 bits per heavy atom. The molecule has 0 fully saturated rings. The lowest BCUT2D eigenvalue weighted by Gasteiger charge is -2.08. The molecule has 0 N–H and O–H groups in total. The molecule has 0 saturated heterocycles. The first-order valence-corrected chi connectivity index (χ1v) is 8.48. The van der Waals surface area contributed by atoms with E-state index in [0.29, 0.717) is 22.5 Å². The summed E-state index contributed by atoms with van der Waals surface area (Å²) in [4.78, 5) is 4.39. The fourth-order valence-corrected chi connectivity index (χ4v) is 2.73. The molecule has 0 aliphatic heterocycles. The van der Waals surface area contributed by atoms with Crippen molar-refractivity contribution in [1.29, 1.82) is 0 Å². The van der Waals surface area contributed by atoms with Crippen molar-refractivity contribution in [3.63, 3.8) is 0 Å². The summed E-state index contributed by atoms with van der Waals surface area (Å²) >= 11 is 9.16. The number of alkyl halides is 1. The number of halogens is 3. The fraction of sp³-hybridized carbons (Fsp3) is 0.533. The monoisotopic (exact) mass is 376 g/mol. The lowest BCUT2D eigenvalue weighted by atomic mass is 10.3. The van der Waals surface area contributed by atoms with E-state index in [9.17, 15) is 4.39 Å². The van der Waals surface area contributed by atoms with Gasteiger partial charge in [0, 0.05) is 25.8 Å². The highest BCUT2D eigenvalue weighted by atomic mass is 79.9. The Morgan fingerprint density at radius 3 is 2.81 bits per heavy atom. The number of fused-ring (bicyclic) bond motifs is 1. The molecule has 0 bridgehead atoms. The summed E-state index contributed by atoms with van der Waals surface area (Å²) in [6.45, 7) is 4.43. The first-order chi connectivity index (χ1) is 10.2. The van der Waals surface area contributed by atoms with Crippen molar-refractivity contribution < 1.29 is 9.13 Å². The first-order valence-electron chi connectivity index (χ1n) is 7.15. The number of ether oxygens (including phenoxy) is 1. The van der Waals surface area contributed by atoms with Gasteiger partial charge >= 0.3 is 0 Å². The van der Waals surface area contributed by atoms with Gasteiger partial charge in [-0.3, -0.25) is 0 Å². The maximum absolute atomic E-state index is 13.6. The standard InChI is InChI=1S/C15H19BrClFN2O/c1-2-3-6-21-7-4-5-20-14-8-11(16)12(18)9-13(14)19-15(20)10-17/h8-9H,2-7,10H2,1H3. The molecule has 0 aliphatic rings. The molecule has 6 heteroatoms. The van der Waals surface area contributed by atoms with E-state index in [0.717, 1.165) is 43.8 Å². The highest BCUT2D eigenvalue weighted by molar-refractivity contribution is 9.10. The van der Waals surface area contributed by atoms with Gasteiger partial charge in [0.15, 0.2) is 0 Å². The molecule has 2 aromatic rings. The van der Waals surface area contributed by atoms with Crippen molar-refractivity contribution >= 4 is 38.6 Å². The topological polar surface area (TPSA) is 27.1 Å². The van der Waals surface area contributed by atoms with E-state index in [-0.39, 0.29) is 5.82 Å². The van der Waals surface area contributed by atoms with Crippen LogP contribution in [0.15, 0.2) is 16.6 Å². The Kier molecular flexibility index (Phi) is 6.45. The van der Waals surface area contributed by atoms with Crippen LogP contribution >= 0.6 is 27.5 Å². The second-order valence-corrected chi connectivity index (χ2v) is 6.01. The molecule has 0 aliphatic carbocycles. The van der Waals surface area contributed by atoms with Gasteiger partial charge in [-0.1, -0.05) is 13.3 Å². The Hall–Kier alpha value is -0.650. The van der Waals surface area contributed by atoms with E-state index in [4.69, 9.17) is 16.3 Å². The summed E-state index contributed by atoms with van der Waals surface area (Å²) < 4.78 is 21.6. The summed E-state index contributed by atoms with van der Waals surface area (Å²) in [5.41, 5.74) is 1.53. The van der Waals surface area contributed by atoms with Crippen LogP contribution in [0.3, 0.4) is 0 Å². The average molecular weight is 378 g/mol. The molecule has 0 radical (unpaired) electrons. The molecule has 3 nitrogen and oxygen atoms in total. The minimum absolute atomic E-state index is 0.309. The van der Waals surface area contributed by atoms with Crippen LogP contribution in [-0.2, 0) is 17.2 Å². The third kappa shape index (κ3) is 4.18. The molecule has 1 aromatic carbocycles. The number of aryl methyl sites for hydroxylation is 1. The predicted molar refractivity (Wildman–Crippen MR) is 87.3 cm³/mol. The fourth-order valence-electron chi connectivity index (χ4n) is 2.19. The van der Waals surface area contributed by atoms with Crippen LogP contribution in [0.2, 0.25) is 0 Å². The van der Waals surface area contributed by atoms with Gasteiger partial charge in [0.25, 0.3) is 0 Å². The maximum atomic E-state index is 13.6.